The molecule has 3 heterocycles. The summed E-state index contributed by atoms with van der Waals surface area (Å²) < 4.78 is 30.4. The van der Waals surface area contributed by atoms with E-state index in [1.54, 1.807) is 14.2 Å². The lowest BCUT2D eigenvalue weighted by Gasteiger charge is -2.43. The number of nitrogens with zero attached hydrogens (tertiary/aromatic N) is 5. The molecule has 1 amide bonds. The van der Waals surface area contributed by atoms with Crippen LogP contribution in [0.4, 0.5) is 5.82 Å². The van der Waals surface area contributed by atoms with Gasteiger partial charge >= 0.3 is 0 Å². The van der Waals surface area contributed by atoms with Crippen LogP contribution in [0.2, 0.25) is 0 Å². The molecule has 1 aromatic carbocycles. The van der Waals surface area contributed by atoms with Crippen molar-refractivity contribution in [2.75, 3.05) is 51.9 Å². The van der Waals surface area contributed by atoms with Gasteiger partial charge in [-0.3, -0.25) is 4.79 Å². The molecule has 1 N–H and O–H groups in total. The predicted molar refractivity (Wildman–Crippen MR) is 143 cm³/mol. The van der Waals surface area contributed by atoms with Crippen LogP contribution in [-0.4, -0.2) is 97.1 Å². The first-order valence-corrected chi connectivity index (χ1v) is 14.7. The zero-order chi connectivity index (χ0) is 26.6. The zero-order valence-corrected chi connectivity index (χ0v) is 23.0. The lowest BCUT2D eigenvalue weighted by molar-refractivity contribution is 0.0542. The van der Waals surface area contributed by atoms with Crippen LogP contribution in [0.15, 0.2) is 30.6 Å². The highest BCUT2D eigenvalue weighted by Crippen LogP contribution is 2.25. The number of hydrogen-bond acceptors (Lipinski definition) is 8. The van der Waals surface area contributed by atoms with Gasteiger partial charge in [-0.15, -0.1) is 0 Å². The van der Waals surface area contributed by atoms with Gasteiger partial charge < -0.3 is 19.9 Å². The van der Waals surface area contributed by atoms with Crippen molar-refractivity contribution in [3.8, 4) is 5.75 Å². The Morgan fingerprint density at radius 2 is 1.73 bits per heavy atom. The minimum absolute atomic E-state index is 0.0562. The van der Waals surface area contributed by atoms with Crippen LogP contribution in [-0.2, 0) is 16.6 Å². The number of ether oxygens (including phenoxy) is 1. The lowest BCUT2D eigenvalue weighted by atomic mass is 9.97. The van der Waals surface area contributed by atoms with Crippen molar-refractivity contribution in [3.05, 3.63) is 47.4 Å². The third kappa shape index (κ3) is 6.58. The standard InChI is InChI=1S/C26H38N6O4S/c1-19-24(28-18-29-25(19)27-17-20-5-7-23(36-3)8-6-20)26(33)32-15-11-22(12-16-32)31-13-9-21(10-14-31)30(2)37(4,34)35/h5-8,18,21-22H,9-17H2,1-4H3,(H,27,28,29). The molecular formula is C26H38N6O4S. The highest BCUT2D eigenvalue weighted by atomic mass is 32.2. The topological polar surface area (TPSA) is 108 Å². The van der Waals surface area contributed by atoms with E-state index in [1.165, 1.54) is 16.9 Å². The number of hydrogen-bond donors (Lipinski definition) is 1. The molecule has 4 rings (SSSR count). The third-order valence-electron chi connectivity index (χ3n) is 7.71. The first kappa shape index (κ1) is 27.3. The molecular weight excluding hydrogens is 492 g/mol. The molecule has 11 heteroatoms. The number of carbonyl (C=O) groups is 1. The first-order chi connectivity index (χ1) is 17.7. The highest BCUT2D eigenvalue weighted by Gasteiger charge is 2.33. The smallest absolute Gasteiger partial charge is 0.272 e. The van der Waals surface area contributed by atoms with Crippen LogP contribution < -0.4 is 10.1 Å². The van der Waals surface area contributed by atoms with Crippen molar-refractivity contribution >= 4 is 21.7 Å². The Morgan fingerprint density at radius 1 is 1.08 bits per heavy atom. The van der Waals surface area contributed by atoms with Crippen molar-refractivity contribution in [2.24, 2.45) is 0 Å². The lowest BCUT2D eigenvalue weighted by Crippen LogP contribution is -2.52. The number of carbonyl (C=O) groups excluding carboxylic acids is 1. The fourth-order valence-electron chi connectivity index (χ4n) is 5.24. The Bertz CT molecular complexity index is 1170. The molecule has 37 heavy (non-hydrogen) atoms. The van der Waals surface area contributed by atoms with Gasteiger partial charge in [-0.1, -0.05) is 12.1 Å². The Balaban J connectivity index is 1.30. The number of likely N-dealkylation sites (tertiary alicyclic amines) is 2. The maximum atomic E-state index is 13.3. The number of sulfonamides is 1. The second-order valence-electron chi connectivity index (χ2n) is 9.97. The van der Waals surface area contributed by atoms with E-state index in [2.05, 4.69) is 20.2 Å². The third-order valence-corrected chi connectivity index (χ3v) is 9.05. The molecule has 0 radical (unpaired) electrons. The number of amides is 1. The molecule has 1 aromatic heterocycles. The van der Waals surface area contributed by atoms with Crippen LogP contribution >= 0.6 is 0 Å². The average molecular weight is 531 g/mol. The Labute approximate surface area is 220 Å². The second kappa shape index (κ2) is 11.7. The normalized spacial score (nSPS) is 18.2. The largest absolute Gasteiger partial charge is 0.497 e. The van der Waals surface area contributed by atoms with E-state index < -0.39 is 10.0 Å². The number of rotatable bonds is 8. The van der Waals surface area contributed by atoms with E-state index in [0.29, 0.717) is 37.2 Å². The van der Waals surface area contributed by atoms with Gasteiger partial charge in [0.2, 0.25) is 10.0 Å². The van der Waals surface area contributed by atoms with Crippen molar-refractivity contribution in [1.29, 1.82) is 0 Å². The minimum atomic E-state index is -3.16. The summed E-state index contributed by atoms with van der Waals surface area (Å²) in [5.74, 6) is 1.41. The van der Waals surface area contributed by atoms with Gasteiger partial charge in [0.05, 0.1) is 13.4 Å². The molecule has 2 aliphatic heterocycles. The number of aromatic nitrogens is 2. The van der Waals surface area contributed by atoms with Gasteiger partial charge in [0.25, 0.3) is 5.91 Å². The van der Waals surface area contributed by atoms with Crippen molar-refractivity contribution in [3.63, 3.8) is 0 Å². The van der Waals surface area contributed by atoms with E-state index in [0.717, 1.165) is 55.6 Å². The monoisotopic (exact) mass is 530 g/mol. The van der Waals surface area contributed by atoms with Gasteiger partial charge in [-0.25, -0.2) is 22.7 Å². The molecule has 0 aliphatic carbocycles. The summed E-state index contributed by atoms with van der Waals surface area (Å²) in [7, 11) is 0.154. The van der Waals surface area contributed by atoms with E-state index in [9.17, 15) is 13.2 Å². The molecule has 0 atom stereocenters. The SMILES string of the molecule is COc1ccc(CNc2ncnc(C(=O)N3CCC(N4CCC(N(C)S(C)(=O)=O)CC4)CC3)c2C)cc1. The number of nitrogens with one attached hydrogen (secondary N) is 1. The number of methoxy groups -OCH3 is 1. The van der Waals surface area contributed by atoms with Crippen LogP contribution in [0.5, 0.6) is 5.75 Å². The molecule has 2 saturated heterocycles. The fraction of sp³-hybridized carbons (Fsp3) is 0.577. The molecule has 2 aliphatic rings. The molecule has 2 aromatic rings. The van der Waals surface area contributed by atoms with Gasteiger partial charge in [0.1, 0.15) is 23.6 Å². The number of piperidine rings is 2. The Hall–Kier alpha value is -2.76. The van der Waals surface area contributed by atoms with Gasteiger partial charge in [0, 0.05) is 44.3 Å². The first-order valence-electron chi connectivity index (χ1n) is 12.8. The molecule has 10 nitrogen and oxygen atoms in total. The minimum Gasteiger partial charge on any atom is -0.497 e. The summed E-state index contributed by atoms with van der Waals surface area (Å²) in [5.41, 5.74) is 2.27. The van der Waals surface area contributed by atoms with Gasteiger partial charge in [-0.05, 0) is 63.4 Å². The Kier molecular flexibility index (Phi) is 8.66. The molecule has 0 bridgehead atoms. The van der Waals surface area contributed by atoms with Crippen LogP contribution in [0.25, 0.3) is 0 Å². The summed E-state index contributed by atoms with van der Waals surface area (Å²) in [6, 6.07) is 8.30. The van der Waals surface area contributed by atoms with E-state index in [-0.39, 0.29) is 11.9 Å². The maximum absolute atomic E-state index is 13.3. The van der Waals surface area contributed by atoms with E-state index in [1.807, 2.05) is 36.1 Å². The zero-order valence-electron chi connectivity index (χ0n) is 22.2. The van der Waals surface area contributed by atoms with Crippen molar-refractivity contribution < 1.29 is 17.9 Å². The number of anilines is 1. The summed E-state index contributed by atoms with van der Waals surface area (Å²) in [6.07, 6.45) is 6.22. The number of benzene rings is 1. The molecule has 0 spiro atoms. The molecule has 202 valence electrons. The summed E-state index contributed by atoms with van der Waals surface area (Å²) in [6.45, 7) is 5.61. The summed E-state index contributed by atoms with van der Waals surface area (Å²) >= 11 is 0. The fourth-order valence-corrected chi connectivity index (χ4v) is 5.99. The predicted octanol–water partition coefficient (Wildman–Crippen LogP) is 2.37. The Morgan fingerprint density at radius 3 is 2.32 bits per heavy atom. The van der Waals surface area contributed by atoms with Crippen molar-refractivity contribution in [1.82, 2.24) is 24.1 Å². The molecule has 0 saturated carbocycles. The maximum Gasteiger partial charge on any atom is 0.272 e. The van der Waals surface area contributed by atoms with Crippen LogP contribution in [0.3, 0.4) is 0 Å². The van der Waals surface area contributed by atoms with Gasteiger partial charge in [-0.2, -0.15) is 0 Å². The summed E-state index contributed by atoms with van der Waals surface area (Å²) in [5, 5.41) is 3.33. The molecule has 0 unspecified atom stereocenters. The quantitative estimate of drug-likeness (QED) is 0.554. The van der Waals surface area contributed by atoms with Gasteiger partial charge in [0.15, 0.2) is 0 Å². The van der Waals surface area contributed by atoms with Crippen LogP contribution in [0.1, 0.15) is 47.3 Å². The van der Waals surface area contributed by atoms with E-state index in [4.69, 9.17) is 4.74 Å². The van der Waals surface area contributed by atoms with E-state index >= 15 is 0 Å². The molecule has 2 fully saturated rings. The van der Waals surface area contributed by atoms with Crippen molar-refractivity contribution in [2.45, 2.75) is 51.2 Å². The van der Waals surface area contributed by atoms with Crippen LogP contribution in [0, 0.1) is 6.92 Å². The highest BCUT2D eigenvalue weighted by molar-refractivity contribution is 7.88. The second-order valence-corrected chi connectivity index (χ2v) is 12.0. The average Bonchev–Trinajstić information content (AvgIpc) is 2.91. The summed E-state index contributed by atoms with van der Waals surface area (Å²) in [4.78, 5) is 26.4.